The first-order chi connectivity index (χ1) is 15.5. The van der Waals surface area contributed by atoms with Gasteiger partial charge in [-0.15, -0.1) is 0 Å². The number of methoxy groups -OCH3 is 1. The number of amides is 1. The second-order valence-corrected chi connectivity index (χ2v) is 7.88. The minimum atomic E-state index is -0.765. The highest BCUT2D eigenvalue weighted by Gasteiger charge is 2.22. The molecule has 0 unspecified atom stereocenters. The molecular weight excluding hydrogens is 438 g/mol. The Labute approximate surface area is 186 Å². The topological polar surface area (TPSA) is 69.5 Å². The van der Waals surface area contributed by atoms with Crippen molar-refractivity contribution < 1.29 is 23.0 Å². The van der Waals surface area contributed by atoms with Crippen LogP contribution in [0.1, 0.15) is 6.42 Å². The third-order valence-electron chi connectivity index (χ3n) is 4.71. The number of thiazole rings is 1. The predicted molar refractivity (Wildman–Crippen MR) is 117 cm³/mol. The highest BCUT2D eigenvalue weighted by Crippen LogP contribution is 2.32. The zero-order valence-electron chi connectivity index (χ0n) is 17.2. The van der Waals surface area contributed by atoms with Crippen LogP contribution in [0.5, 0.6) is 11.5 Å². The number of nitrogens with zero attached hydrogens (tertiary/aromatic N) is 4. The van der Waals surface area contributed by atoms with Gasteiger partial charge in [0.25, 0.3) is 5.91 Å². The van der Waals surface area contributed by atoms with Gasteiger partial charge >= 0.3 is 0 Å². The van der Waals surface area contributed by atoms with Crippen LogP contribution in [0.4, 0.5) is 13.9 Å². The van der Waals surface area contributed by atoms with Crippen LogP contribution in [0, 0.1) is 11.6 Å². The van der Waals surface area contributed by atoms with Gasteiger partial charge in [-0.1, -0.05) is 23.5 Å². The first-order valence-electron chi connectivity index (χ1n) is 9.82. The van der Waals surface area contributed by atoms with Gasteiger partial charge in [-0.25, -0.2) is 18.7 Å². The van der Waals surface area contributed by atoms with Crippen molar-refractivity contribution in [3.05, 3.63) is 66.8 Å². The van der Waals surface area contributed by atoms with Crippen LogP contribution in [0.15, 0.2) is 55.1 Å². The van der Waals surface area contributed by atoms with E-state index in [0.717, 1.165) is 17.4 Å². The largest absolute Gasteiger partial charge is 0.493 e. The van der Waals surface area contributed by atoms with E-state index in [1.54, 1.807) is 36.8 Å². The summed E-state index contributed by atoms with van der Waals surface area (Å²) in [6, 6.07) is 8.99. The summed E-state index contributed by atoms with van der Waals surface area (Å²) in [4.78, 5) is 22.8. The number of halogens is 2. The molecule has 0 fully saturated rings. The van der Waals surface area contributed by atoms with Crippen LogP contribution in [0.25, 0.3) is 10.2 Å². The van der Waals surface area contributed by atoms with Gasteiger partial charge in [0.2, 0.25) is 0 Å². The van der Waals surface area contributed by atoms with Crippen LogP contribution in [-0.2, 0) is 11.3 Å². The predicted octanol–water partition coefficient (Wildman–Crippen LogP) is 4.28. The number of fused-ring (bicyclic) bond motifs is 1. The van der Waals surface area contributed by atoms with Gasteiger partial charge in [0.05, 0.1) is 18.1 Å². The van der Waals surface area contributed by atoms with E-state index in [2.05, 4.69) is 9.97 Å². The molecule has 0 aliphatic carbocycles. The van der Waals surface area contributed by atoms with Crippen LogP contribution >= 0.6 is 11.3 Å². The summed E-state index contributed by atoms with van der Waals surface area (Å²) < 4.78 is 40.9. The molecule has 0 N–H and O–H groups in total. The van der Waals surface area contributed by atoms with Gasteiger partial charge in [0, 0.05) is 31.5 Å². The number of carbonyl (C=O) groups excluding carboxylic acids is 1. The van der Waals surface area contributed by atoms with Crippen molar-refractivity contribution in [2.75, 3.05) is 25.2 Å². The normalized spacial score (nSPS) is 11.0. The maximum atomic E-state index is 14.2. The number of aromatic nitrogens is 3. The van der Waals surface area contributed by atoms with Crippen molar-refractivity contribution in [1.82, 2.24) is 14.5 Å². The number of aryl methyl sites for hydroxylation is 1. The highest BCUT2D eigenvalue weighted by molar-refractivity contribution is 7.22. The SMILES string of the molecule is COc1ccccc1OCC(=O)N(CCCn1ccnc1)c1nc2c(F)cc(F)cc2s1. The summed E-state index contributed by atoms with van der Waals surface area (Å²) in [5, 5.41) is 0.281. The molecule has 0 saturated carbocycles. The second kappa shape index (κ2) is 9.73. The molecule has 2 aromatic heterocycles. The minimum Gasteiger partial charge on any atom is -0.493 e. The fourth-order valence-electron chi connectivity index (χ4n) is 3.17. The Morgan fingerprint density at radius 2 is 2.03 bits per heavy atom. The number of anilines is 1. The van der Waals surface area contributed by atoms with Crippen molar-refractivity contribution in [2.24, 2.45) is 0 Å². The van der Waals surface area contributed by atoms with Crippen molar-refractivity contribution in [2.45, 2.75) is 13.0 Å². The number of hydrogen-bond donors (Lipinski definition) is 0. The lowest BCUT2D eigenvalue weighted by Crippen LogP contribution is -2.36. The number of hydrogen-bond acceptors (Lipinski definition) is 6. The molecule has 32 heavy (non-hydrogen) atoms. The quantitative estimate of drug-likeness (QED) is 0.374. The van der Waals surface area contributed by atoms with Gasteiger partial charge in [0.15, 0.2) is 29.1 Å². The van der Waals surface area contributed by atoms with E-state index in [0.29, 0.717) is 35.7 Å². The fraction of sp³-hybridized carbons (Fsp3) is 0.227. The smallest absolute Gasteiger partial charge is 0.266 e. The van der Waals surface area contributed by atoms with Crippen molar-refractivity contribution >= 4 is 32.6 Å². The summed E-state index contributed by atoms with van der Waals surface area (Å²) in [5.41, 5.74) is 0.0319. The molecule has 10 heteroatoms. The average Bonchev–Trinajstić information content (AvgIpc) is 3.45. The number of para-hydroxylation sites is 2. The van der Waals surface area contributed by atoms with Crippen LogP contribution < -0.4 is 14.4 Å². The lowest BCUT2D eigenvalue weighted by molar-refractivity contribution is -0.120. The van der Waals surface area contributed by atoms with Crippen LogP contribution in [0.3, 0.4) is 0 Å². The molecule has 0 aliphatic rings. The maximum Gasteiger partial charge on any atom is 0.266 e. The Morgan fingerprint density at radius 1 is 1.22 bits per heavy atom. The van der Waals surface area contributed by atoms with E-state index in [9.17, 15) is 13.6 Å². The molecular formula is C22H20F2N4O3S. The van der Waals surface area contributed by atoms with Gasteiger partial charge < -0.3 is 14.0 Å². The average molecular weight is 458 g/mol. The fourth-order valence-corrected chi connectivity index (χ4v) is 4.22. The highest BCUT2D eigenvalue weighted by atomic mass is 32.1. The molecule has 0 spiro atoms. The number of carbonyl (C=O) groups is 1. The Morgan fingerprint density at radius 3 is 2.78 bits per heavy atom. The molecule has 4 aromatic rings. The zero-order chi connectivity index (χ0) is 22.5. The lowest BCUT2D eigenvalue weighted by atomic mass is 10.3. The number of rotatable bonds is 9. The number of imidazole rings is 1. The Bertz CT molecular complexity index is 1210. The number of benzene rings is 2. The van der Waals surface area contributed by atoms with Crippen molar-refractivity contribution in [3.8, 4) is 11.5 Å². The molecule has 2 aromatic carbocycles. The summed E-state index contributed by atoms with van der Waals surface area (Å²) in [6.07, 6.45) is 5.79. The summed E-state index contributed by atoms with van der Waals surface area (Å²) in [6.45, 7) is 0.680. The van der Waals surface area contributed by atoms with Crippen LogP contribution in [-0.4, -0.2) is 40.7 Å². The van der Waals surface area contributed by atoms with E-state index >= 15 is 0 Å². The molecule has 166 valence electrons. The van der Waals surface area contributed by atoms with E-state index in [1.807, 2.05) is 10.8 Å². The van der Waals surface area contributed by atoms with Gasteiger partial charge in [-0.05, 0) is 24.6 Å². The first-order valence-corrected chi connectivity index (χ1v) is 10.6. The maximum absolute atomic E-state index is 14.2. The molecule has 2 heterocycles. The first kappa shape index (κ1) is 21.7. The summed E-state index contributed by atoms with van der Waals surface area (Å²) in [7, 11) is 1.52. The molecule has 0 atom stereocenters. The molecule has 0 bridgehead atoms. The zero-order valence-corrected chi connectivity index (χ0v) is 18.0. The lowest BCUT2D eigenvalue weighted by Gasteiger charge is -2.20. The summed E-state index contributed by atoms with van der Waals surface area (Å²) >= 11 is 1.05. The van der Waals surface area contributed by atoms with Gasteiger partial charge in [-0.2, -0.15) is 0 Å². The molecule has 1 amide bonds. The Kier molecular flexibility index (Phi) is 6.60. The minimum absolute atomic E-state index is 0.0319. The Hall–Kier alpha value is -3.53. The monoisotopic (exact) mass is 458 g/mol. The van der Waals surface area contributed by atoms with Crippen molar-refractivity contribution in [3.63, 3.8) is 0 Å². The summed E-state index contributed by atoms with van der Waals surface area (Å²) in [5.74, 6) is -0.883. The van der Waals surface area contributed by atoms with Crippen molar-refractivity contribution in [1.29, 1.82) is 0 Å². The molecule has 4 rings (SSSR count). The second-order valence-electron chi connectivity index (χ2n) is 6.87. The van der Waals surface area contributed by atoms with Crippen LogP contribution in [0.2, 0.25) is 0 Å². The van der Waals surface area contributed by atoms with E-state index in [1.165, 1.54) is 18.1 Å². The van der Waals surface area contributed by atoms with Gasteiger partial charge in [0.1, 0.15) is 11.3 Å². The third-order valence-corrected chi connectivity index (χ3v) is 5.74. The number of ether oxygens (including phenoxy) is 2. The van der Waals surface area contributed by atoms with Gasteiger partial charge in [-0.3, -0.25) is 9.69 Å². The van der Waals surface area contributed by atoms with E-state index < -0.39 is 11.6 Å². The Balaban J connectivity index is 1.55. The molecule has 0 radical (unpaired) electrons. The molecule has 0 aliphatic heterocycles. The van der Waals surface area contributed by atoms with E-state index in [-0.39, 0.29) is 23.2 Å². The third kappa shape index (κ3) is 4.86. The van der Waals surface area contributed by atoms with E-state index in [4.69, 9.17) is 9.47 Å². The molecule has 0 saturated heterocycles. The molecule has 7 nitrogen and oxygen atoms in total. The standard InChI is InChI=1S/C22H20F2N4O3S/c1-30-17-5-2-3-6-18(17)31-13-20(29)28(9-4-8-27-10-7-25-14-27)22-26-21-16(24)11-15(23)12-19(21)32-22/h2-3,5-7,10-12,14H,4,8-9,13H2,1H3.